The van der Waals surface area contributed by atoms with Crippen molar-refractivity contribution in [3.05, 3.63) is 11.6 Å². The Labute approximate surface area is 182 Å². The van der Waals surface area contributed by atoms with Gasteiger partial charge in [-0.25, -0.2) is 4.99 Å². The highest BCUT2D eigenvalue weighted by molar-refractivity contribution is 5.79. The van der Waals surface area contributed by atoms with E-state index < -0.39 is 0 Å². The van der Waals surface area contributed by atoms with Gasteiger partial charge in [-0.2, -0.15) is 0 Å². The lowest BCUT2D eigenvalue weighted by Gasteiger charge is -2.28. The molecular weight excluding hydrogens is 376 g/mol. The number of likely N-dealkylation sites (N-methyl/N-ethyl adjacent to an activating group) is 1. The highest BCUT2D eigenvalue weighted by atomic mass is 15.3. The average molecular weight is 419 g/mol. The molecule has 0 aromatic carbocycles. The molecule has 2 saturated heterocycles. The summed E-state index contributed by atoms with van der Waals surface area (Å²) in [6, 6.07) is 1.19. The molecule has 0 bridgehead atoms. The first kappa shape index (κ1) is 23.0. The van der Waals surface area contributed by atoms with Gasteiger partial charge in [0.05, 0.1) is 0 Å². The molecule has 170 valence electrons. The van der Waals surface area contributed by atoms with E-state index in [1.54, 1.807) is 0 Å². The Morgan fingerprint density at radius 3 is 2.27 bits per heavy atom. The number of likely N-dealkylation sites (tertiary alicyclic amines) is 2. The van der Waals surface area contributed by atoms with Gasteiger partial charge in [-0.05, 0) is 58.2 Å². The molecule has 3 rings (SSSR count). The number of hydrogen-bond donors (Lipinski definition) is 2. The van der Waals surface area contributed by atoms with Crippen LogP contribution in [0, 0.1) is 12.8 Å². The number of aliphatic imine (C=N–C) groups is 1. The van der Waals surface area contributed by atoms with E-state index in [0.29, 0.717) is 24.5 Å². The van der Waals surface area contributed by atoms with Crippen LogP contribution >= 0.6 is 0 Å². The minimum Gasteiger partial charge on any atom is -0.355 e. The second-order valence-electron chi connectivity index (χ2n) is 9.26. The van der Waals surface area contributed by atoms with E-state index in [9.17, 15) is 0 Å². The van der Waals surface area contributed by atoms with Crippen LogP contribution in [0.25, 0.3) is 0 Å². The summed E-state index contributed by atoms with van der Waals surface area (Å²) in [5.74, 6) is 3.42. The molecule has 0 saturated carbocycles. The van der Waals surface area contributed by atoms with Crippen molar-refractivity contribution < 1.29 is 0 Å². The van der Waals surface area contributed by atoms with Gasteiger partial charge in [0.2, 0.25) is 0 Å². The number of rotatable bonds is 9. The molecule has 3 heterocycles. The second-order valence-corrected chi connectivity index (χ2v) is 9.26. The number of aryl methyl sites for hydroxylation is 1. The fourth-order valence-corrected chi connectivity index (χ4v) is 4.72. The van der Waals surface area contributed by atoms with Crippen LogP contribution in [0.4, 0.5) is 0 Å². The monoisotopic (exact) mass is 418 g/mol. The third kappa shape index (κ3) is 6.17. The van der Waals surface area contributed by atoms with E-state index in [0.717, 1.165) is 37.2 Å². The van der Waals surface area contributed by atoms with E-state index in [1.807, 2.05) is 18.5 Å². The third-order valence-corrected chi connectivity index (χ3v) is 6.58. The van der Waals surface area contributed by atoms with Crippen LogP contribution in [0.15, 0.2) is 4.99 Å². The summed E-state index contributed by atoms with van der Waals surface area (Å²) in [6.45, 7) is 16.0. The predicted molar refractivity (Wildman–Crippen MR) is 123 cm³/mol. The standard InChI is InChI=1S/C22H42N8/c1-6-29-11-7-9-19(29)13-23-22(25-15-21-27-26-18(4)28(21)5)24-14-20-10-8-12-30(20)16-17(2)3/h17,19-20H,6-16H2,1-5H3,(H2,23,24,25)/t19?,20-/m1/s1. The van der Waals surface area contributed by atoms with Crippen molar-refractivity contribution in [2.24, 2.45) is 18.0 Å². The quantitative estimate of drug-likeness (QED) is 0.470. The first-order chi connectivity index (χ1) is 14.5. The van der Waals surface area contributed by atoms with Gasteiger partial charge < -0.3 is 15.2 Å². The molecule has 2 atom stereocenters. The zero-order chi connectivity index (χ0) is 21.5. The Morgan fingerprint density at radius 2 is 1.70 bits per heavy atom. The number of nitrogens with zero attached hydrogens (tertiary/aromatic N) is 6. The van der Waals surface area contributed by atoms with Crippen LogP contribution in [0.3, 0.4) is 0 Å². The molecular formula is C22H42N8. The van der Waals surface area contributed by atoms with Crippen molar-refractivity contribution >= 4 is 5.96 Å². The average Bonchev–Trinajstić information content (AvgIpc) is 3.43. The second kappa shape index (κ2) is 11.1. The summed E-state index contributed by atoms with van der Waals surface area (Å²) in [6.07, 6.45) is 5.12. The Morgan fingerprint density at radius 1 is 1.07 bits per heavy atom. The number of hydrogen-bond acceptors (Lipinski definition) is 5. The van der Waals surface area contributed by atoms with Gasteiger partial charge >= 0.3 is 0 Å². The van der Waals surface area contributed by atoms with Crippen molar-refractivity contribution in [1.82, 2.24) is 35.2 Å². The molecule has 1 aromatic rings. The maximum Gasteiger partial charge on any atom is 0.191 e. The summed E-state index contributed by atoms with van der Waals surface area (Å²) in [4.78, 5) is 10.1. The van der Waals surface area contributed by atoms with Crippen molar-refractivity contribution in [3.63, 3.8) is 0 Å². The smallest absolute Gasteiger partial charge is 0.191 e. The van der Waals surface area contributed by atoms with E-state index in [4.69, 9.17) is 4.99 Å². The Kier molecular flexibility index (Phi) is 8.50. The first-order valence-electron chi connectivity index (χ1n) is 11.8. The Bertz CT molecular complexity index is 683. The SMILES string of the molecule is CCN1CCCC1CNC(=NCc1nnc(C)n1C)NC[C@H]1CCCN1CC(C)C. The molecule has 30 heavy (non-hydrogen) atoms. The van der Waals surface area contributed by atoms with Crippen LogP contribution in [-0.4, -0.2) is 81.9 Å². The lowest BCUT2D eigenvalue weighted by atomic mass is 10.1. The number of guanidine groups is 1. The highest BCUT2D eigenvalue weighted by Gasteiger charge is 2.26. The fraction of sp³-hybridized carbons (Fsp3) is 0.864. The molecule has 2 aliphatic heterocycles. The van der Waals surface area contributed by atoms with E-state index in [2.05, 4.69) is 51.4 Å². The largest absolute Gasteiger partial charge is 0.355 e. The molecule has 1 unspecified atom stereocenters. The van der Waals surface area contributed by atoms with Crippen LogP contribution < -0.4 is 10.6 Å². The van der Waals surface area contributed by atoms with Crippen molar-refractivity contribution in [1.29, 1.82) is 0 Å². The van der Waals surface area contributed by atoms with Crippen LogP contribution in [0.2, 0.25) is 0 Å². The zero-order valence-corrected chi connectivity index (χ0v) is 19.7. The van der Waals surface area contributed by atoms with E-state index >= 15 is 0 Å². The minimum absolute atomic E-state index is 0.537. The first-order valence-corrected chi connectivity index (χ1v) is 11.8. The molecule has 2 aliphatic rings. The van der Waals surface area contributed by atoms with Crippen molar-refractivity contribution in [3.8, 4) is 0 Å². The fourth-order valence-electron chi connectivity index (χ4n) is 4.72. The summed E-state index contributed by atoms with van der Waals surface area (Å²) in [5.41, 5.74) is 0. The lowest BCUT2D eigenvalue weighted by molar-refractivity contribution is 0.226. The maximum absolute atomic E-state index is 4.86. The molecule has 8 heteroatoms. The van der Waals surface area contributed by atoms with Crippen LogP contribution in [-0.2, 0) is 13.6 Å². The van der Waals surface area contributed by atoms with Crippen LogP contribution in [0.1, 0.15) is 58.1 Å². The predicted octanol–water partition coefficient (Wildman–Crippen LogP) is 1.76. The topological polar surface area (TPSA) is 73.6 Å². The van der Waals surface area contributed by atoms with Gasteiger partial charge in [-0.15, -0.1) is 10.2 Å². The van der Waals surface area contributed by atoms with Gasteiger partial charge in [0.25, 0.3) is 0 Å². The minimum atomic E-state index is 0.537. The van der Waals surface area contributed by atoms with Gasteiger partial charge in [0.15, 0.2) is 11.8 Å². The van der Waals surface area contributed by atoms with Gasteiger partial charge in [-0.1, -0.05) is 20.8 Å². The van der Waals surface area contributed by atoms with Crippen LogP contribution in [0.5, 0.6) is 0 Å². The molecule has 0 amide bonds. The Balaban J connectivity index is 1.60. The summed E-state index contributed by atoms with van der Waals surface area (Å²) < 4.78 is 2.01. The molecule has 1 aromatic heterocycles. The molecule has 0 spiro atoms. The van der Waals surface area contributed by atoms with E-state index in [-0.39, 0.29) is 0 Å². The van der Waals surface area contributed by atoms with Crippen molar-refractivity contribution in [2.45, 2.75) is 72.0 Å². The normalized spacial score (nSPS) is 23.6. The summed E-state index contributed by atoms with van der Waals surface area (Å²) >= 11 is 0. The molecule has 8 nitrogen and oxygen atoms in total. The number of nitrogens with one attached hydrogen (secondary N) is 2. The third-order valence-electron chi connectivity index (χ3n) is 6.58. The van der Waals surface area contributed by atoms with Crippen molar-refractivity contribution in [2.75, 3.05) is 39.3 Å². The molecule has 2 fully saturated rings. The summed E-state index contributed by atoms with van der Waals surface area (Å²) in [5, 5.41) is 15.7. The Hall–Kier alpha value is -1.67. The molecule has 2 N–H and O–H groups in total. The summed E-state index contributed by atoms with van der Waals surface area (Å²) in [7, 11) is 2.00. The number of aromatic nitrogens is 3. The lowest BCUT2D eigenvalue weighted by Crippen LogP contribution is -2.48. The zero-order valence-electron chi connectivity index (χ0n) is 19.7. The highest BCUT2D eigenvalue weighted by Crippen LogP contribution is 2.18. The molecule has 0 radical (unpaired) electrons. The van der Waals surface area contributed by atoms with Gasteiger partial charge in [-0.3, -0.25) is 9.80 Å². The maximum atomic E-state index is 4.86. The molecule has 0 aliphatic carbocycles. The van der Waals surface area contributed by atoms with Gasteiger partial charge in [0.1, 0.15) is 12.4 Å². The van der Waals surface area contributed by atoms with Gasteiger partial charge in [0, 0.05) is 38.8 Å². The van der Waals surface area contributed by atoms with E-state index in [1.165, 1.54) is 45.3 Å².